The van der Waals surface area contributed by atoms with Crippen molar-refractivity contribution in [3.05, 3.63) is 30.6 Å². The Kier molecular flexibility index (Phi) is 2.01. The molecule has 2 N–H and O–H groups in total. The lowest BCUT2D eigenvalue weighted by molar-refractivity contribution is 1.16. The van der Waals surface area contributed by atoms with Crippen molar-refractivity contribution in [3.63, 3.8) is 0 Å². The molecule has 1 aromatic rings. The molecule has 56 valence electrons. The smallest absolute Gasteiger partial charge is 0.220 e. The Morgan fingerprint density at radius 1 is 1.36 bits per heavy atom. The summed E-state index contributed by atoms with van der Waals surface area (Å²) in [5.41, 5.74) is 6.91. The third kappa shape index (κ3) is 1.43. The van der Waals surface area contributed by atoms with Crippen LogP contribution in [0.4, 0.5) is 5.95 Å². The van der Waals surface area contributed by atoms with Crippen LogP contribution in [0, 0.1) is 0 Å². The highest BCUT2D eigenvalue weighted by molar-refractivity contribution is 5.60. The number of anilines is 1. The number of nitrogens with two attached hydrogens (primary N) is 1. The zero-order valence-electron chi connectivity index (χ0n) is 6.12. The molecule has 0 spiro atoms. The van der Waals surface area contributed by atoms with E-state index in [1.54, 1.807) is 18.3 Å². The molecule has 0 amide bonds. The van der Waals surface area contributed by atoms with E-state index in [-0.39, 0.29) is 5.95 Å². The lowest BCUT2D eigenvalue weighted by Gasteiger charge is -1.98. The molecule has 1 heterocycles. The van der Waals surface area contributed by atoms with Crippen molar-refractivity contribution in [2.24, 2.45) is 0 Å². The van der Waals surface area contributed by atoms with Crippen LogP contribution in [0.5, 0.6) is 0 Å². The van der Waals surface area contributed by atoms with Crippen LogP contribution in [0.3, 0.4) is 0 Å². The quantitative estimate of drug-likeness (QED) is 0.686. The minimum Gasteiger partial charge on any atom is -0.368 e. The van der Waals surface area contributed by atoms with Crippen LogP contribution in [0.25, 0.3) is 12.2 Å². The van der Waals surface area contributed by atoms with Gasteiger partial charge in [-0.05, 0) is 6.08 Å². The molecule has 0 unspecified atom stereocenters. The van der Waals surface area contributed by atoms with E-state index in [1.165, 1.54) is 0 Å². The molecule has 3 nitrogen and oxygen atoms in total. The minimum absolute atomic E-state index is 0.255. The van der Waals surface area contributed by atoms with Crippen molar-refractivity contribution >= 4 is 18.1 Å². The fourth-order valence-corrected chi connectivity index (χ4v) is 0.739. The zero-order chi connectivity index (χ0) is 8.27. The van der Waals surface area contributed by atoms with Crippen LogP contribution >= 0.6 is 0 Å². The SMILES string of the molecule is C=Cc1cnc(N)nc1C=C. The van der Waals surface area contributed by atoms with Crippen LogP contribution in [-0.2, 0) is 0 Å². The Hall–Kier alpha value is -1.64. The van der Waals surface area contributed by atoms with Gasteiger partial charge in [0.25, 0.3) is 0 Å². The van der Waals surface area contributed by atoms with Crippen molar-refractivity contribution in [2.75, 3.05) is 5.73 Å². The molecule has 0 radical (unpaired) electrons. The fraction of sp³-hybridized carbons (Fsp3) is 0. The van der Waals surface area contributed by atoms with Crippen LogP contribution in [0.1, 0.15) is 11.3 Å². The van der Waals surface area contributed by atoms with Crippen molar-refractivity contribution in [1.29, 1.82) is 0 Å². The average Bonchev–Trinajstić information content (AvgIpc) is 2.04. The second kappa shape index (κ2) is 2.96. The van der Waals surface area contributed by atoms with Gasteiger partial charge in [0, 0.05) is 11.8 Å². The summed E-state index contributed by atoms with van der Waals surface area (Å²) in [5, 5.41) is 0. The van der Waals surface area contributed by atoms with Gasteiger partial charge in [0.15, 0.2) is 0 Å². The molecule has 0 aliphatic carbocycles. The first-order chi connectivity index (χ1) is 5.27. The molecule has 0 aliphatic heterocycles. The monoisotopic (exact) mass is 147 g/mol. The summed E-state index contributed by atoms with van der Waals surface area (Å²) in [5.74, 6) is 0.255. The lowest BCUT2D eigenvalue weighted by atomic mass is 10.2. The van der Waals surface area contributed by atoms with E-state index in [4.69, 9.17) is 5.73 Å². The van der Waals surface area contributed by atoms with Gasteiger partial charge in [0.05, 0.1) is 5.69 Å². The summed E-state index contributed by atoms with van der Waals surface area (Å²) < 4.78 is 0. The third-order valence-corrected chi connectivity index (χ3v) is 1.28. The van der Waals surface area contributed by atoms with Crippen molar-refractivity contribution in [2.45, 2.75) is 0 Å². The summed E-state index contributed by atoms with van der Waals surface area (Å²) in [4.78, 5) is 7.75. The minimum atomic E-state index is 0.255. The average molecular weight is 147 g/mol. The van der Waals surface area contributed by atoms with E-state index in [9.17, 15) is 0 Å². The number of aromatic nitrogens is 2. The molecule has 0 fully saturated rings. The first-order valence-corrected chi connectivity index (χ1v) is 3.15. The molecular weight excluding hydrogens is 138 g/mol. The summed E-state index contributed by atoms with van der Waals surface area (Å²) in [6, 6.07) is 0. The fourth-order valence-electron chi connectivity index (χ4n) is 0.739. The topological polar surface area (TPSA) is 51.8 Å². The Bertz CT molecular complexity index is 291. The second-order valence-electron chi connectivity index (χ2n) is 1.98. The zero-order valence-corrected chi connectivity index (χ0v) is 6.12. The van der Waals surface area contributed by atoms with Gasteiger partial charge in [0.1, 0.15) is 0 Å². The van der Waals surface area contributed by atoms with Gasteiger partial charge in [0.2, 0.25) is 5.95 Å². The molecule has 0 bridgehead atoms. The van der Waals surface area contributed by atoms with Gasteiger partial charge in [-0.3, -0.25) is 0 Å². The predicted octanol–water partition coefficient (Wildman–Crippen LogP) is 1.34. The van der Waals surface area contributed by atoms with E-state index >= 15 is 0 Å². The predicted molar refractivity (Wildman–Crippen MR) is 46.6 cm³/mol. The summed E-state index contributed by atoms with van der Waals surface area (Å²) >= 11 is 0. The highest BCUT2D eigenvalue weighted by Crippen LogP contribution is 2.08. The Morgan fingerprint density at radius 2 is 2.09 bits per heavy atom. The lowest BCUT2D eigenvalue weighted by Crippen LogP contribution is -1.97. The number of rotatable bonds is 2. The van der Waals surface area contributed by atoms with Crippen LogP contribution in [0.2, 0.25) is 0 Å². The van der Waals surface area contributed by atoms with Gasteiger partial charge in [-0.1, -0.05) is 19.2 Å². The molecule has 11 heavy (non-hydrogen) atoms. The van der Waals surface area contributed by atoms with Crippen molar-refractivity contribution < 1.29 is 0 Å². The molecule has 1 aromatic heterocycles. The Balaban J connectivity index is 3.26. The van der Waals surface area contributed by atoms with Crippen molar-refractivity contribution in [3.8, 4) is 0 Å². The summed E-state index contributed by atoms with van der Waals surface area (Å²) in [6.07, 6.45) is 4.90. The normalized spacial score (nSPS) is 9.09. The largest absolute Gasteiger partial charge is 0.368 e. The molecule has 3 heteroatoms. The standard InChI is InChI=1S/C8H9N3/c1-3-6-5-10-8(9)11-7(6)4-2/h3-5H,1-2H2,(H2,9,10,11). The third-order valence-electron chi connectivity index (χ3n) is 1.28. The van der Waals surface area contributed by atoms with Crippen LogP contribution in [0.15, 0.2) is 19.4 Å². The molecular formula is C8H9N3. The Labute approximate surface area is 65.3 Å². The number of nitrogens with zero attached hydrogens (tertiary/aromatic N) is 2. The molecule has 1 rings (SSSR count). The molecule has 0 atom stereocenters. The number of hydrogen-bond acceptors (Lipinski definition) is 3. The van der Waals surface area contributed by atoms with Gasteiger partial charge in [-0.15, -0.1) is 0 Å². The van der Waals surface area contributed by atoms with E-state index in [2.05, 4.69) is 23.1 Å². The summed E-state index contributed by atoms with van der Waals surface area (Å²) in [6.45, 7) is 7.19. The first kappa shape index (κ1) is 7.47. The van der Waals surface area contributed by atoms with Gasteiger partial charge < -0.3 is 5.73 Å². The summed E-state index contributed by atoms with van der Waals surface area (Å²) in [7, 11) is 0. The van der Waals surface area contributed by atoms with E-state index < -0.39 is 0 Å². The maximum Gasteiger partial charge on any atom is 0.220 e. The molecule has 0 aromatic carbocycles. The highest BCUT2D eigenvalue weighted by atomic mass is 15.0. The van der Waals surface area contributed by atoms with Crippen LogP contribution in [-0.4, -0.2) is 9.97 Å². The number of nitrogen functional groups attached to an aromatic ring is 1. The van der Waals surface area contributed by atoms with Gasteiger partial charge in [-0.25, -0.2) is 9.97 Å². The first-order valence-electron chi connectivity index (χ1n) is 3.15. The highest BCUT2D eigenvalue weighted by Gasteiger charge is 1.96. The second-order valence-corrected chi connectivity index (χ2v) is 1.98. The molecule has 0 saturated heterocycles. The molecule has 0 saturated carbocycles. The Morgan fingerprint density at radius 3 is 2.64 bits per heavy atom. The molecule has 0 aliphatic rings. The van der Waals surface area contributed by atoms with Crippen LogP contribution < -0.4 is 5.73 Å². The maximum absolute atomic E-state index is 5.35. The van der Waals surface area contributed by atoms with E-state index in [0.717, 1.165) is 5.56 Å². The van der Waals surface area contributed by atoms with E-state index in [1.807, 2.05) is 0 Å². The van der Waals surface area contributed by atoms with Gasteiger partial charge in [-0.2, -0.15) is 0 Å². The van der Waals surface area contributed by atoms with E-state index in [0.29, 0.717) is 5.69 Å². The van der Waals surface area contributed by atoms with Gasteiger partial charge >= 0.3 is 0 Å². The maximum atomic E-state index is 5.35. The van der Waals surface area contributed by atoms with Crippen molar-refractivity contribution in [1.82, 2.24) is 9.97 Å². The number of hydrogen-bond donors (Lipinski definition) is 1.